The van der Waals surface area contributed by atoms with Crippen LogP contribution in [0.15, 0.2) is 18.2 Å². The molecule has 1 aliphatic rings. The minimum absolute atomic E-state index is 0.0479. The normalized spacial score (nSPS) is 16.9. The average molecular weight is 307 g/mol. The number of fused-ring (bicyclic) bond motifs is 1. The third kappa shape index (κ3) is 3.25. The van der Waals surface area contributed by atoms with Gasteiger partial charge in [-0.05, 0) is 25.1 Å². The van der Waals surface area contributed by atoms with Crippen LogP contribution in [0.25, 0.3) is 0 Å². The van der Waals surface area contributed by atoms with Crippen molar-refractivity contribution in [3.8, 4) is 5.75 Å². The van der Waals surface area contributed by atoms with Gasteiger partial charge in [0.25, 0.3) is 5.91 Å². The lowest BCUT2D eigenvalue weighted by atomic mass is 10.0. The van der Waals surface area contributed by atoms with Gasteiger partial charge in [0, 0.05) is 19.1 Å². The van der Waals surface area contributed by atoms with Crippen LogP contribution in [0, 0.1) is 0 Å². The van der Waals surface area contributed by atoms with Crippen molar-refractivity contribution in [2.45, 2.75) is 25.9 Å². The van der Waals surface area contributed by atoms with Crippen LogP contribution in [0.2, 0.25) is 0 Å². The Balaban J connectivity index is 2.30. The van der Waals surface area contributed by atoms with Gasteiger partial charge in [0.2, 0.25) is 0 Å². The molecule has 0 saturated heterocycles. The molecule has 1 amide bonds. The molecule has 0 saturated carbocycles. The predicted molar refractivity (Wildman–Crippen MR) is 77.1 cm³/mol. The van der Waals surface area contributed by atoms with Crippen molar-refractivity contribution in [1.29, 1.82) is 0 Å². The number of carbonyl (C=O) groups is 3. The van der Waals surface area contributed by atoms with Crippen molar-refractivity contribution >= 4 is 23.3 Å². The number of methoxy groups -OCH3 is 1. The van der Waals surface area contributed by atoms with Gasteiger partial charge in [-0.25, -0.2) is 0 Å². The average Bonchev–Trinajstić information content (AvgIpc) is 2.49. The van der Waals surface area contributed by atoms with Crippen LogP contribution in [-0.4, -0.2) is 42.7 Å². The second kappa shape index (κ2) is 6.57. The second-order valence-electron chi connectivity index (χ2n) is 4.94. The molecule has 0 fully saturated rings. The Morgan fingerprint density at radius 3 is 2.73 bits per heavy atom. The first-order chi connectivity index (χ1) is 10.4. The maximum absolute atomic E-state index is 12.1. The van der Waals surface area contributed by atoms with Crippen molar-refractivity contribution in [3.63, 3.8) is 0 Å². The smallest absolute Gasteiger partial charge is 0.303 e. The van der Waals surface area contributed by atoms with Gasteiger partial charge in [-0.3, -0.25) is 19.3 Å². The Labute approximate surface area is 127 Å². The van der Waals surface area contributed by atoms with Gasteiger partial charge < -0.3 is 14.6 Å². The van der Waals surface area contributed by atoms with E-state index in [1.807, 2.05) is 0 Å². The molecule has 1 unspecified atom stereocenters. The standard InChI is InChI=1S/C15H17NO6/c1-9-15(20)16(8-21-2)11-7-10(3-5-13(11)22-9)12(17)4-6-14(18)19/h3,5,7,9H,4,6,8H2,1-2H3,(H,18,19). The van der Waals surface area contributed by atoms with Crippen LogP contribution in [-0.2, 0) is 14.3 Å². The van der Waals surface area contributed by atoms with E-state index in [2.05, 4.69) is 0 Å². The van der Waals surface area contributed by atoms with Gasteiger partial charge in [-0.1, -0.05) is 0 Å². The van der Waals surface area contributed by atoms with E-state index in [1.165, 1.54) is 18.1 Å². The van der Waals surface area contributed by atoms with Crippen molar-refractivity contribution in [1.82, 2.24) is 0 Å². The molecule has 0 radical (unpaired) electrons. The van der Waals surface area contributed by atoms with Crippen molar-refractivity contribution in [2.24, 2.45) is 0 Å². The van der Waals surface area contributed by atoms with E-state index in [0.717, 1.165) is 0 Å². The van der Waals surface area contributed by atoms with E-state index in [-0.39, 0.29) is 31.3 Å². The number of carboxylic acids is 1. The summed E-state index contributed by atoms with van der Waals surface area (Å²) in [4.78, 5) is 36.1. The molecule has 2 rings (SSSR count). The Morgan fingerprint density at radius 2 is 2.09 bits per heavy atom. The number of carboxylic acid groups (broad SMARTS) is 1. The van der Waals surface area contributed by atoms with Gasteiger partial charge in [-0.2, -0.15) is 0 Å². The summed E-state index contributed by atoms with van der Waals surface area (Å²) in [5, 5.41) is 8.64. The molecule has 1 N–H and O–H groups in total. The van der Waals surface area contributed by atoms with Crippen molar-refractivity contribution in [2.75, 3.05) is 18.7 Å². The lowest BCUT2D eigenvalue weighted by Gasteiger charge is -2.32. The first kappa shape index (κ1) is 16.0. The molecule has 1 aliphatic heterocycles. The molecular weight excluding hydrogens is 290 g/mol. The van der Waals surface area contributed by atoms with E-state index >= 15 is 0 Å². The minimum Gasteiger partial charge on any atom is -0.481 e. The number of benzene rings is 1. The van der Waals surface area contributed by atoms with Crippen LogP contribution in [0.3, 0.4) is 0 Å². The lowest BCUT2D eigenvalue weighted by Crippen LogP contribution is -2.45. The summed E-state index contributed by atoms with van der Waals surface area (Å²) in [5.41, 5.74) is 0.790. The summed E-state index contributed by atoms with van der Waals surface area (Å²) in [7, 11) is 1.47. The number of aliphatic carboxylic acids is 1. The topological polar surface area (TPSA) is 93.1 Å². The summed E-state index contributed by atoms with van der Waals surface area (Å²) < 4.78 is 10.5. The van der Waals surface area contributed by atoms with Gasteiger partial charge in [0.1, 0.15) is 12.5 Å². The van der Waals surface area contributed by atoms with Crippen LogP contribution in [0.5, 0.6) is 5.75 Å². The van der Waals surface area contributed by atoms with Crippen LogP contribution in [0.4, 0.5) is 5.69 Å². The quantitative estimate of drug-likeness (QED) is 0.800. The Kier molecular flexibility index (Phi) is 4.77. The van der Waals surface area contributed by atoms with Gasteiger partial charge in [0.15, 0.2) is 11.9 Å². The van der Waals surface area contributed by atoms with Gasteiger partial charge in [0.05, 0.1) is 12.1 Å². The number of anilines is 1. The first-order valence-corrected chi connectivity index (χ1v) is 6.80. The number of carbonyl (C=O) groups excluding carboxylic acids is 2. The highest BCUT2D eigenvalue weighted by molar-refractivity contribution is 6.03. The molecule has 0 spiro atoms. The van der Waals surface area contributed by atoms with Crippen molar-refractivity contribution in [3.05, 3.63) is 23.8 Å². The van der Waals surface area contributed by atoms with Crippen LogP contribution < -0.4 is 9.64 Å². The Morgan fingerprint density at radius 1 is 1.36 bits per heavy atom. The molecule has 118 valence electrons. The lowest BCUT2D eigenvalue weighted by molar-refractivity contribution is -0.137. The molecular formula is C15H17NO6. The predicted octanol–water partition coefficient (Wildman–Crippen LogP) is 1.45. The summed E-state index contributed by atoms with van der Waals surface area (Å²) in [5.74, 6) is -1.10. The molecule has 0 bridgehead atoms. The third-order valence-corrected chi connectivity index (χ3v) is 3.31. The fourth-order valence-electron chi connectivity index (χ4n) is 2.21. The van der Waals surface area contributed by atoms with E-state index < -0.39 is 12.1 Å². The summed E-state index contributed by atoms with van der Waals surface area (Å²) >= 11 is 0. The number of amides is 1. The molecule has 7 heteroatoms. The fourth-order valence-corrected chi connectivity index (χ4v) is 2.21. The van der Waals surface area contributed by atoms with E-state index in [1.54, 1.807) is 19.1 Å². The first-order valence-electron chi connectivity index (χ1n) is 6.80. The number of hydrogen-bond donors (Lipinski definition) is 1. The Bertz CT molecular complexity index is 612. The zero-order chi connectivity index (χ0) is 16.3. The fraction of sp³-hybridized carbons (Fsp3) is 0.400. The highest BCUT2D eigenvalue weighted by Crippen LogP contribution is 2.35. The highest BCUT2D eigenvalue weighted by atomic mass is 16.5. The van der Waals surface area contributed by atoms with Gasteiger partial charge >= 0.3 is 5.97 Å². The van der Waals surface area contributed by atoms with E-state index in [9.17, 15) is 14.4 Å². The molecule has 1 atom stereocenters. The second-order valence-corrected chi connectivity index (χ2v) is 4.94. The largest absolute Gasteiger partial charge is 0.481 e. The molecule has 1 heterocycles. The van der Waals surface area contributed by atoms with Crippen molar-refractivity contribution < 1.29 is 29.0 Å². The monoisotopic (exact) mass is 307 g/mol. The Hall–Kier alpha value is -2.41. The number of rotatable bonds is 6. The number of ketones is 1. The molecule has 22 heavy (non-hydrogen) atoms. The van der Waals surface area contributed by atoms with Crippen LogP contribution >= 0.6 is 0 Å². The maximum Gasteiger partial charge on any atom is 0.303 e. The number of ether oxygens (including phenoxy) is 2. The summed E-state index contributed by atoms with van der Waals surface area (Å²) in [6, 6.07) is 4.70. The third-order valence-electron chi connectivity index (χ3n) is 3.31. The number of hydrogen-bond acceptors (Lipinski definition) is 5. The summed E-state index contributed by atoms with van der Waals surface area (Å²) in [6.07, 6.45) is -0.954. The molecule has 0 aliphatic carbocycles. The number of nitrogens with zero attached hydrogens (tertiary/aromatic N) is 1. The van der Waals surface area contributed by atoms with E-state index in [0.29, 0.717) is 17.0 Å². The molecule has 1 aromatic rings. The molecule has 7 nitrogen and oxygen atoms in total. The van der Waals surface area contributed by atoms with Crippen LogP contribution in [0.1, 0.15) is 30.1 Å². The van der Waals surface area contributed by atoms with E-state index in [4.69, 9.17) is 14.6 Å². The minimum atomic E-state index is -1.03. The SMILES string of the molecule is COCN1C(=O)C(C)Oc2ccc(C(=O)CCC(=O)O)cc21. The number of Topliss-reactive ketones (excluding diaryl/α,β-unsaturated/α-hetero) is 1. The van der Waals surface area contributed by atoms with Gasteiger partial charge in [-0.15, -0.1) is 0 Å². The molecule has 0 aromatic heterocycles. The molecule has 1 aromatic carbocycles. The maximum atomic E-state index is 12.1. The summed E-state index contributed by atoms with van der Waals surface area (Å²) in [6.45, 7) is 1.69. The zero-order valence-electron chi connectivity index (χ0n) is 12.4. The zero-order valence-corrected chi connectivity index (χ0v) is 12.4. The highest BCUT2D eigenvalue weighted by Gasteiger charge is 2.32.